The third kappa shape index (κ3) is 6.93. The van der Waals surface area contributed by atoms with Crippen LogP contribution in [-0.2, 0) is 20.9 Å². The quantitative estimate of drug-likeness (QED) is 0.488. The van der Waals surface area contributed by atoms with E-state index in [-0.39, 0.29) is 18.0 Å². The molecule has 3 rings (SSSR count). The molecule has 0 aliphatic heterocycles. The van der Waals surface area contributed by atoms with Crippen LogP contribution in [0.1, 0.15) is 27.0 Å². The molecule has 170 valence electrons. The van der Waals surface area contributed by atoms with Gasteiger partial charge >= 0.3 is 5.97 Å². The molecule has 0 atom stereocenters. The Morgan fingerprint density at radius 1 is 0.788 bits per heavy atom. The van der Waals surface area contributed by atoms with Gasteiger partial charge in [0.15, 0.2) is 6.61 Å². The molecule has 0 aliphatic carbocycles. The molecule has 3 aromatic carbocycles. The number of para-hydroxylation sites is 2. The second-order valence-electron chi connectivity index (χ2n) is 7.44. The topological polar surface area (TPSA) is 93.7 Å². The number of ether oxygens (including phenoxy) is 2. The van der Waals surface area contributed by atoms with Crippen LogP contribution in [-0.4, -0.2) is 30.9 Å². The van der Waals surface area contributed by atoms with Gasteiger partial charge in [-0.25, -0.2) is 4.79 Å². The number of esters is 1. The van der Waals surface area contributed by atoms with Gasteiger partial charge in [-0.05, 0) is 42.7 Å². The number of aryl methyl sites for hydroxylation is 2. The summed E-state index contributed by atoms with van der Waals surface area (Å²) in [6.45, 7) is 3.33. The first-order valence-corrected chi connectivity index (χ1v) is 10.5. The first kappa shape index (κ1) is 23.5. The first-order valence-electron chi connectivity index (χ1n) is 10.5. The highest BCUT2D eigenvalue weighted by Gasteiger charge is 2.16. The standard InChI is InChI=1S/C26H26N2O5/c1-18-9-8-10-19(2)25(18)28-23(29)15-27-24(30)17-33-26(31)21-13-6-7-14-22(21)32-16-20-11-4-3-5-12-20/h3-14H,15-17H2,1-2H3,(H,27,30)(H,28,29). The number of hydrogen-bond donors (Lipinski definition) is 2. The van der Waals surface area contributed by atoms with Gasteiger partial charge in [-0.2, -0.15) is 0 Å². The summed E-state index contributed by atoms with van der Waals surface area (Å²) in [4.78, 5) is 36.7. The Bertz CT molecular complexity index is 1110. The molecular weight excluding hydrogens is 420 g/mol. The van der Waals surface area contributed by atoms with E-state index in [2.05, 4.69) is 10.6 Å². The number of amides is 2. The normalized spacial score (nSPS) is 10.2. The molecule has 0 unspecified atom stereocenters. The Kier molecular flexibility index (Phi) is 8.18. The van der Waals surface area contributed by atoms with Crippen molar-refractivity contribution in [1.82, 2.24) is 5.32 Å². The van der Waals surface area contributed by atoms with E-state index >= 15 is 0 Å². The minimum absolute atomic E-state index is 0.217. The Labute approximate surface area is 192 Å². The van der Waals surface area contributed by atoms with E-state index in [1.807, 2.05) is 62.4 Å². The second kappa shape index (κ2) is 11.5. The van der Waals surface area contributed by atoms with Gasteiger partial charge in [0.05, 0.1) is 6.54 Å². The Morgan fingerprint density at radius 3 is 2.18 bits per heavy atom. The molecule has 7 nitrogen and oxygen atoms in total. The van der Waals surface area contributed by atoms with Gasteiger partial charge in [0.2, 0.25) is 5.91 Å². The van der Waals surface area contributed by atoms with Crippen LogP contribution in [0, 0.1) is 13.8 Å². The molecule has 0 saturated carbocycles. The lowest BCUT2D eigenvalue weighted by Gasteiger charge is -2.12. The minimum Gasteiger partial charge on any atom is -0.488 e. The maximum Gasteiger partial charge on any atom is 0.342 e. The van der Waals surface area contributed by atoms with Crippen molar-refractivity contribution >= 4 is 23.5 Å². The fourth-order valence-electron chi connectivity index (χ4n) is 3.13. The minimum atomic E-state index is -0.686. The van der Waals surface area contributed by atoms with Crippen molar-refractivity contribution in [3.8, 4) is 5.75 Å². The molecule has 0 saturated heterocycles. The average molecular weight is 447 g/mol. The molecule has 2 N–H and O–H groups in total. The summed E-state index contributed by atoms with van der Waals surface area (Å²) in [5.74, 6) is -1.28. The molecule has 7 heteroatoms. The number of benzene rings is 3. The number of rotatable bonds is 9. The summed E-state index contributed by atoms with van der Waals surface area (Å²) in [5.41, 5.74) is 3.75. The van der Waals surface area contributed by atoms with E-state index < -0.39 is 18.5 Å². The van der Waals surface area contributed by atoms with Gasteiger partial charge in [0, 0.05) is 5.69 Å². The van der Waals surface area contributed by atoms with Crippen LogP contribution in [0.2, 0.25) is 0 Å². The molecule has 0 aliphatic rings. The van der Waals surface area contributed by atoms with Crippen molar-refractivity contribution in [2.45, 2.75) is 20.5 Å². The van der Waals surface area contributed by atoms with Gasteiger partial charge in [-0.3, -0.25) is 9.59 Å². The highest BCUT2D eigenvalue weighted by atomic mass is 16.5. The number of anilines is 1. The molecular formula is C26H26N2O5. The fraction of sp³-hybridized carbons (Fsp3) is 0.192. The third-order valence-electron chi connectivity index (χ3n) is 4.87. The van der Waals surface area contributed by atoms with E-state index in [1.165, 1.54) is 0 Å². The average Bonchev–Trinajstić information content (AvgIpc) is 2.83. The van der Waals surface area contributed by atoms with Crippen molar-refractivity contribution in [2.75, 3.05) is 18.5 Å². The highest BCUT2D eigenvalue weighted by molar-refractivity contribution is 5.97. The molecule has 0 fully saturated rings. The van der Waals surface area contributed by atoms with Crippen molar-refractivity contribution in [1.29, 1.82) is 0 Å². The zero-order chi connectivity index (χ0) is 23.6. The van der Waals surface area contributed by atoms with Gasteiger partial charge in [0.1, 0.15) is 17.9 Å². The van der Waals surface area contributed by atoms with Crippen LogP contribution in [0.4, 0.5) is 5.69 Å². The fourth-order valence-corrected chi connectivity index (χ4v) is 3.13. The lowest BCUT2D eigenvalue weighted by molar-refractivity contribution is -0.126. The monoisotopic (exact) mass is 446 g/mol. The van der Waals surface area contributed by atoms with Crippen LogP contribution in [0.15, 0.2) is 72.8 Å². The van der Waals surface area contributed by atoms with Gasteiger partial charge < -0.3 is 20.1 Å². The van der Waals surface area contributed by atoms with Gasteiger partial charge in [0.25, 0.3) is 5.91 Å². The summed E-state index contributed by atoms with van der Waals surface area (Å²) in [6, 6.07) is 21.9. The predicted octanol–water partition coefficient (Wildman–Crippen LogP) is 3.79. The van der Waals surface area contributed by atoms with E-state index in [0.29, 0.717) is 12.4 Å². The number of carbonyl (C=O) groups excluding carboxylic acids is 3. The van der Waals surface area contributed by atoms with Crippen LogP contribution in [0.5, 0.6) is 5.75 Å². The SMILES string of the molecule is Cc1cccc(C)c1NC(=O)CNC(=O)COC(=O)c1ccccc1OCc1ccccc1. The van der Waals surface area contributed by atoms with Gasteiger partial charge in [-0.15, -0.1) is 0 Å². The van der Waals surface area contributed by atoms with Gasteiger partial charge in [-0.1, -0.05) is 60.7 Å². The summed E-state index contributed by atoms with van der Waals surface area (Å²) < 4.78 is 10.9. The second-order valence-corrected chi connectivity index (χ2v) is 7.44. The summed E-state index contributed by atoms with van der Waals surface area (Å²) in [7, 11) is 0. The lowest BCUT2D eigenvalue weighted by atomic mass is 10.1. The van der Waals surface area contributed by atoms with Crippen molar-refractivity contribution in [3.63, 3.8) is 0 Å². The van der Waals surface area contributed by atoms with E-state index in [0.717, 1.165) is 22.4 Å². The smallest absolute Gasteiger partial charge is 0.342 e. The Morgan fingerprint density at radius 2 is 1.45 bits per heavy atom. The maximum absolute atomic E-state index is 12.5. The van der Waals surface area contributed by atoms with E-state index in [1.54, 1.807) is 24.3 Å². The Balaban J connectivity index is 1.47. The molecule has 0 radical (unpaired) electrons. The first-order chi connectivity index (χ1) is 15.9. The number of nitrogens with one attached hydrogen (secondary N) is 2. The molecule has 2 amide bonds. The highest BCUT2D eigenvalue weighted by Crippen LogP contribution is 2.21. The molecule has 0 aromatic heterocycles. The van der Waals surface area contributed by atoms with Crippen molar-refractivity contribution < 1.29 is 23.9 Å². The third-order valence-corrected chi connectivity index (χ3v) is 4.87. The molecule has 0 spiro atoms. The largest absolute Gasteiger partial charge is 0.488 e. The summed E-state index contributed by atoms with van der Waals surface area (Å²) in [5, 5.41) is 5.23. The maximum atomic E-state index is 12.5. The van der Waals surface area contributed by atoms with Crippen LogP contribution < -0.4 is 15.4 Å². The lowest BCUT2D eigenvalue weighted by Crippen LogP contribution is -2.35. The Hall–Kier alpha value is -4.13. The van der Waals surface area contributed by atoms with Crippen molar-refractivity contribution in [3.05, 3.63) is 95.1 Å². The van der Waals surface area contributed by atoms with Crippen molar-refractivity contribution in [2.24, 2.45) is 0 Å². The number of hydrogen-bond acceptors (Lipinski definition) is 5. The molecule has 33 heavy (non-hydrogen) atoms. The molecule has 0 heterocycles. The van der Waals surface area contributed by atoms with Crippen LogP contribution >= 0.6 is 0 Å². The summed E-state index contributed by atoms with van der Waals surface area (Å²) >= 11 is 0. The van der Waals surface area contributed by atoms with E-state index in [4.69, 9.17) is 9.47 Å². The molecule has 0 bridgehead atoms. The summed E-state index contributed by atoms with van der Waals surface area (Å²) in [6.07, 6.45) is 0. The predicted molar refractivity (Wildman–Crippen MR) is 125 cm³/mol. The zero-order valence-corrected chi connectivity index (χ0v) is 18.6. The van der Waals surface area contributed by atoms with Crippen LogP contribution in [0.25, 0.3) is 0 Å². The van der Waals surface area contributed by atoms with E-state index in [9.17, 15) is 14.4 Å². The molecule has 3 aromatic rings. The number of carbonyl (C=O) groups is 3. The van der Waals surface area contributed by atoms with Crippen LogP contribution in [0.3, 0.4) is 0 Å². The zero-order valence-electron chi connectivity index (χ0n) is 18.6.